The van der Waals surface area contributed by atoms with E-state index in [1.165, 1.54) is 0 Å². The third-order valence-electron chi connectivity index (χ3n) is 7.88. The number of fused-ring (bicyclic) bond motifs is 2. The summed E-state index contributed by atoms with van der Waals surface area (Å²) < 4.78 is 5.30. The number of carbonyl (C=O) groups excluding carboxylic acids is 4. The molecule has 4 amide bonds. The summed E-state index contributed by atoms with van der Waals surface area (Å²) in [5.74, 6) is -2.30. The van der Waals surface area contributed by atoms with E-state index in [1.54, 1.807) is 0 Å². The van der Waals surface area contributed by atoms with Gasteiger partial charge in [0.15, 0.2) is 0 Å². The molecule has 9 heteroatoms. The number of amides is 4. The summed E-state index contributed by atoms with van der Waals surface area (Å²) in [5, 5.41) is 18.2. The number of ether oxygens (including phenoxy) is 1. The molecule has 5 aliphatic rings. The topological polar surface area (TPSA) is 137 Å². The SMILES string of the molecule is N#CC1(NC(=O)[C@H](CC2CC2)NC(=O)OCc2ccccc2)CC2CCC1[C@H]1C(=O)NC(=O)[C@@H]21. The van der Waals surface area contributed by atoms with E-state index >= 15 is 0 Å². The van der Waals surface area contributed by atoms with Crippen molar-refractivity contribution in [1.29, 1.82) is 5.26 Å². The van der Waals surface area contributed by atoms with Gasteiger partial charge in [-0.3, -0.25) is 19.7 Å². The number of nitriles is 1. The van der Waals surface area contributed by atoms with E-state index in [0.717, 1.165) is 24.8 Å². The lowest BCUT2D eigenvalue weighted by atomic mass is 9.52. The maximum absolute atomic E-state index is 13.4. The monoisotopic (exact) mass is 464 g/mol. The zero-order valence-corrected chi connectivity index (χ0v) is 18.8. The molecule has 1 aliphatic heterocycles. The van der Waals surface area contributed by atoms with Gasteiger partial charge in [-0.2, -0.15) is 5.26 Å². The van der Waals surface area contributed by atoms with Gasteiger partial charge >= 0.3 is 6.09 Å². The lowest BCUT2D eigenvalue weighted by Crippen LogP contribution is -2.66. The van der Waals surface area contributed by atoms with Gasteiger partial charge in [0.2, 0.25) is 17.7 Å². The van der Waals surface area contributed by atoms with Crippen LogP contribution in [0.15, 0.2) is 30.3 Å². The van der Waals surface area contributed by atoms with Crippen LogP contribution in [0.2, 0.25) is 0 Å². The predicted molar refractivity (Wildman–Crippen MR) is 118 cm³/mol. The molecule has 1 aromatic rings. The van der Waals surface area contributed by atoms with Crippen molar-refractivity contribution < 1.29 is 23.9 Å². The molecule has 4 aliphatic carbocycles. The van der Waals surface area contributed by atoms with E-state index in [0.29, 0.717) is 25.2 Å². The molecule has 5 fully saturated rings. The molecule has 4 saturated carbocycles. The van der Waals surface area contributed by atoms with Gasteiger partial charge < -0.3 is 15.4 Å². The fourth-order valence-corrected chi connectivity index (χ4v) is 6.09. The van der Waals surface area contributed by atoms with E-state index in [-0.39, 0.29) is 24.3 Å². The zero-order chi connectivity index (χ0) is 23.9. The number of hydrogen-bond donors (Lipinski definition) is 3. The molecule has 3 N–H and O–H groups in total. The standard InChI is InChI=1S/C25H28N4O5/c26-13-25(11-16-8-9-17(25)20-19(16)22(31)28-23(20)32)29-21(30)18(10-14-6-7-14)27-24(33)34-12-15-4-2-1-3-5-15/h1-5,14,16-20H,6-12H2,(H,27,33)(H,29,30)(H,28,31,32)/t16?,17?,18-,19-,20+,25?/m0/s1. The largest absolute Gasteiger partial charge is 0.445 e. The third-order valence-corrected chi connectivity index (χ3v) is 7.88. The molecule has 1 saturated heterocycles. The molecule has 6 atom stereocenters. The van der Waals surface area contributed by atoms with Crippen LogP contribution in [0.5, 0.6) is 0 Å². The minimum atomic E-state index is -1.24. The Balaban J connectivity index is 1.28. The molecule has 2 bridgehead atoms. The number of benzene rings is 1. The first-order valence-corrected chi connectivity index (χ1v) is 12.0. The fraction of sp³-hybridized carbons (Fsp3) is 0.560. The molecule has 3 unspecified atom stereocenters. The summed E-state index contributed by atoms with van der Waals surface area (Å²) in [6.07, 6.45) is 3.43. The van der Waals surface area contributed by atoms with Crippen LogP contribution in [0.4, 0.5) is 4.79 Å². The molecule has 34 heavy (non-hydrogen) atoms. The predicted octanol–water partition coefficient (Wildman–Crippen LogP) is 1.78. The van der Waals surface area contributed by atoms with Crippen LogP contribution in [-0.4, -0.2) is 35.4 Å². The van der Waals surface area contributed by atoms with Crippen molar-refractivity contribution in [1.82, 2.24) is 16.0 Å². The van der Waals surface area contributed by atoms with Crippen LogP contribution in [-0.2, 0) is 25.7 Å². The number of alkyl carbamates (subject to hydrolysis) is 1. The van der Waals surface area contributed by atoms with E-state index in [1.807, 2.05) is 30.3 Å². The molecular weight excluding hydrogens is 436 g/mol. The van der Waals surface area contributed by atoms with Crippen LogP contribution in [0.3, 0.4) is 0 Å². The Hall–Kier alpha value is -3.41. The van der Waals surface area contributed by atoms with Crippen molar-refractivity contribution in [3.05, 3.63) is 35.9 Å². The van der Waals surface area contributed by atoms with E-state index in [2.05, 4.69) is 22.0 Å². The van der Waals surface area contributed by atoms with Crippen molar-refractivity contribution in [2.75, 3.05) is 0 Å². The highest BCUT2D eigenvalue weighted by molar-refractivity contribution is 6.06. The molecule has 178 valence electrons. The van der Waals surface area contributed by atoms with E-state index in [4.69, 9.17) is 4.74 Å². The van der Waals surface area contributed by atoms with Crippen LogP contribution >= 0.6 is 0 Å². The van der Waals surface area contributed by atoms with Crippen molar-refractivity contribution in [3.63, 3.8) is 0 Å². The number of carbonyl (C=O) groups is 4. The van der Waals surface area contributed by atoms with Gasteiger partial charge in [0, 0.05) is 5.92 Å². The summed E-state index contributed by atoms with van der Waals surface area (Å²) in [6.45, 7) is 0.0858. The highest BCUT2D eigenvalue weighted by Crippen LogP contribution is 2.55. The first-order valence-electron chi connectivity index (χ1n) is 12.0. The maximum Gasteiger partial charge on any atom is 0.408 e. The smallest absolute Gasteiger partial charge is 0.408 e. The molecule has 6 rings (SSSR count). The second kappa shape index (κ2) is 8.75. The normalized spacial score (nSPS) is 32.2. The van der Waals surface area contributed by atoms with Crippen molar-refractivity contribution in [2.24, 2.45) is 29.6 Å². The Morgan fingerprint density at radius 1 is 1.12 bits per heavy atom. The maximum atomic E-state index is 13.4. The zero-order valence-electron chi connectivity index (χ0n) is 18.8. The molecule has 0 aromatic heterocycles. The average Bonchev–Trinajstić information content (AvgIpc) is 3.61. The Morgan fingerprint density at radius 2 is 1.85 bits per heavy atom. The highest BCUT2D eigenvalue weighted by Gasteiger charge is 2.64. The highest BCUT2D eigenvalue weighted by atomic mass is 16.5. The Bertz CT molecular complexity index is 1050. The lowest BCUT2D eigenvalue weighted by Gasteiger charge is -2.52. The summed E-state index contributed by atoms with van der Waals surface area (Å²) in [4.78, 5) is 50.6. The summed E-state index contributed by atoms with van der Waals surface area (Å²) in [6, 6.07) is 10.7. The molecule has 0 radical (unpaired) electrons. The molecule has 1 aromatic carbocycles. The van der Waals surface area contributed by atoms with Gasteiger partial charge in [-0.1, -0.05) is 43.2 Å². The Labute approximate surface area is 197 Å². The minimum Gasteiger partial charge on any atom is -0.445 e. The first kappa shape index (κ1) is 22.4. The number of nitrogens with zero attached hydrogens (tertiary/aromatic N) is 1. The van der Waals surface area contributed by atoms with E-state index in [9.17, 15) is 24.4 Å². The summed E-state index contributed by atoms with van der Waals surface area (Å²) >= 11 is 0. The van der Waals surface area contributed by atoms with Gasteiger partial charge in [0.25, 0.3) is 0 Å². The number of rotatable bonds is 7. The van der Waals surface area contributed by atoms with Gasteiger partial charge in [-0.25, -0.2) is 4.79 Å². The molecule has 0 spiro atoms. The van der Waals surface area contributed by atoms with Gasteiger partial charge in [-0.05, 0) is 43.1 Å². The van der Waals surface area contributed by atoms with Crippen molar-refractivity contribution >= 4 is 23.8 Å². The number of imide groups is 1. The summed E-state index contributed by atoms with van der Waals surface area (Å²) in [7, 11) is 0. The minimum absolute atomic E-state index is 0.0858. The third kappa shape index (κ3) is 4.13. The Morgan fingerprint density at radius 3 is 2.56 bits per heavy atom. The van der Waals surface area contributed by atoms with Crippen molar-refractivity contribution in [3.8, 4) is 6.07 Å². The molecule has 9 nitrogen and oxygen atoms in total. The van der Waals surface area contributed by atoms with Gasteiger partial charge in [0.1, 0.15) is 18.2 Å². The number of nitrogens with one attached hydrogen (secondary N) is 3. The first-order chi connectivity index (χ1) is 16.4. The second-order valence-electron chi connectivity index (χ2n) is 10.1. The fourth-order valence-electron chi connectivity index (χ4n) is 6.09. The van der Waals surface area contributed by atoms with Crippen LogP contribution in [0.25, 0.3) is 0 Å². The lowest BCUT2D eigenvalue weighted by molar-refractivity contribution is -0.137. The van der Waals surface area contributed by atoms with Gasteiger partial charge in [-0.15, -0.1) is 0 Å². The van der Waals surface area contributed by atoms with Gasteiger partial charge in [0.05, 0.1) is 17.9 Å². The second-order valence-corrected chi connectivity index (χ2v) is 10.1. The van der Waals surface area contributed by atoms with Crippen LogP contribution in [0, 0.1) is 40.9 Å². The Kier molecular flexibility index (Phi) is 5.76. The number of hydrogen-bond acceptors (Lipinski definition) is 6. The summed E-state index contributed by atoms with van der Waals surface area (Å²) in [5.41, 5.74) is -0.401. The quantitative estimate of drug-likeness (QED) is 0.526. The molecule has 1 heterocycles. The molecular formula is C25H28N4O5. The average molecular weight is 465 g/mol. The van der Waals surface area contributed by atoms with Crippen molar-refractivity contribution in [2.45, 2.75) is 56.7 Å². The van der Waals surface area contributed by atoms with Crippen LogP contribution in [0.1, 0.15) is 44.1 Å². The van der Waals surface area contributed by atoms with E-state index < -0.39 is 41.3 Å². The van der Waals surface area contributed by atoms with Crippen LogP contribution < -0.4 is 16.0 Å².